The number of hydrogen-bond donors (Lipinski definition) is 0. The van der Waals surface area contributed by atoms with Gasteiger partial charge in [-0.05, 0) is 61.6 Å². The van der Waals surface area contributed by atoms with E-state index in [4.69, 9.17) is 19.5 Å². The molecule has 200 valence electrons. The van der Waals surface area contributed by atoms with Crippen LogP contribution < -0.4 is 14.4 Å². The van der Waals surface area contributed by atoms with Crippen molar-refractivity contribution in [3.8, 4) is 11.5 Å². The van der Waals surface area contributed by atoms with Crippen molar-refractivity contribution in [3.63, 3.8) is 0 Å². The maximum absolute atomic E-state index is 13.7. The van der Waals surface area contributed by atoms with Crippen molar-refractivity contribution in [3.05, 3.63) is 65.0 Å². The first-order valence-electron chi connectivity index (χ1n) is 13.5. The van der Waals surface area contributed by atoms with E-state index < -0.39 is 6.30 Å². The third-order valence-electron chi connectivity index (χ3n) is 8.63. The predicted molar refractivity (Wildman–Crippen MR) is 148 cm³/mol. The zero-order valence-electron chi connectivity index (χ0n) is 22.4. The first-order valence-corrected chi connectivity index (χ1v) is 13.5. The molecule has 1 aromatic carbocycles. The largest absolute Gasteiger partial charge is 0.454 e. The van der Waals surface area contributed by atoms with Crippen LogP contribution in [0.25, 0.3) is 17.2 Å². The number of aliphatic imine (C=N–C) groups is 1. The van der Waals surface area contributed by atoms with Crippen molar-refractivity contribution in [2.75, 3.05) is 24.8 Å². The number of nitrogens with zero attached hydrogens (tertiary/aromatic N) is 6. The number of halogens is 1. The second-order valence-corrected chi connectivity index (χ2v) is 11.1. The number of alkyl halides is 1. The van der Waals surface area contributed by atoms with Gasteiger partial charge in [-0.15, -0.1) is 0 Å². The van der Waals surface area contributed by atoms with Gasteiger partial charge in [-0.25, -0.2) is 19.0 Å². The fourth-order valence-electron chi connectivity index (χ4n) is 6.10. The number of anilines is 1. The average Bonchev–Trinajstić information content (AvgIpc) is 3.73. The van der Waals surface area contributed by atoms with Crippen molar-refractivity contribution in [2.45, 2.75) is 52.8 Å². The minimum Gasteiger partial charge on any atom is -0.454 e. The molecule has 3 aliphatic heterocycles. The summed E-state index contributed by atoms with van der Waals surface area (Å²) in [7, 11) is 0. The maximum atomic E-state index is 13.7. The van der Waals surface area contributed by atoms with Crippen LogP contribution in [0.1, 0.15) is 68.7 Å². The SMILES string of the molecule is CC1=C(c2ccc3c(c2)OCO3)CC(C2(C)CCN(c3ncnc4c3C=C(c3cnn(C(C)F)c3)C4)CC2)=N1. The van der Waals surface area contributed by atoms with Gasteiger partial charge in [0.05, 0.1) is 11.9 Å². The predicted octanol–water partition coefficient (Wildman–Crippen LogP) is 5.87. The van der Waals surface area contributed by atoms with E-state index >= 15 is 0 Å². The second kappa shape index (κ2) is 9.03. The Morgan fingerprint density at radius 3 is 2.67 bits per heavy atom. The number of hydrogen-bond acceptors (Lipinski definition) is 7. The Kier molecular flexibility index (Phi) is 5.57. The molecule has 0 bridgehead atoms. The molecule has 1 aliphatic carbocycles. The van der Waals surface area contributed by atoms with E-state index in [1.54, 1.807) is 18.7 Å². The van der Waals surface area contributed by atoms with Crippen LogP contribution in [0.2, 0.25) is 0 Å². The topological polar surface area (TPSA) is 77.7 Å². The highest BCUT2D eigenvalue weighted by molar-refractivity contribution is 6.03. The summed E-state index contributed by atoms with van der Waals surface area (Å²) in [5.74, 6) is 2.59. The van der Waals surface area contributed by atoms with E-state index in [0.717, 1.165) is 83.3 Å². The van der Waals surface area contributed by atoms with Gasteiger partial charge in [-0.2, -0.15) is 5.10 Å². The number of ether oxygens (including phenoxy) is 2. The van der Waals surface area contributed by atoms with Crippen LogP contribution in [0.3, 0.4) is 0 Å². The van der Waals surface area contributed by atoms with Crippen molar-refractivity contribution < 1.29 is 13.9 Å². The zero-order valence-corrected chi connectivity index (χ0v) is 22.4. The summed E-state index contributed by atoms with van der Waals surface area (Å²) in [5, 5.41) is 4.16. The lowest BCUT2D eigenvalue weighted by Crippen LogP contribution is -2.43. The molecular formula is C30H31FN6O2. The quantitative estimate of drug-likeness (QED) is 0.414. The summed E-state index contributed by atoms with van der Waals surface area (Å²) in [6.07, 6.45) is 9.72. The molecule has 0 amide bonds. The molecule has 39 heavy (non-hydrogen) atoms. The van der Waals surface area contributed by atoms with Crippen LogP contribution in [0.15, 0.2) is 47.6 Å². The Balaban J connectivity index is 1.06. The van der Waals surface area contributed by atoms with Gasteiger partial charge in [-0.1, -0.05) is 13.0 Å². The number of rotatable bonds is 5. The smallest absolute Gasteiger partial charge is 0.231 e. The van der Waals surface area contributed by atoms with Crippen molar-refractivity contribution in [1.29, 1.82) is 0 Å². The molecule has 1 saturated heterocycles. The summed E-state index contributed by atoms with van der Waals surface area (Å²) in [5.41, 5.74) is 8.91. The van der Waals surface area contributed by atoms with Gasteiger partial charge in [0.15, 0.2) is 17.8 Å². The molecule has 8 nitrogen and oxygen atoms in total. The highest BCUT2D eigenvalue weighted by Gasteiger charge is 2.38. The van der Waals surface area contributed by atoms with Gasteiger partial charge in [0.1, 0.15) is 12.1 Å². The van der Waals surface area contributed by atoms with Crippen LogP contribution in [0.4, 0.5) is 10.2 Å². The fraction of sp³-hybridized carbons (Fsp3) is 0.400. The van der Waals surface area contributed by atoms with Crippen LogP contribution in [0, 0.1) is 5.41 Å². The first-order chi connectivity index (χ1) is 18.9. The Labute approximate surface area is 226 Å². The lowest BCUT2D eigenvalue weighted by Gasteiger charge is -2.40. The first kappa shape index (κ1) is 24.1. The number of aromatic nitrogens is 4. The van der Waals surface area contributed by atoms with Crippen LogP contribution in [-0.4, -0.2) is 45.3 Å². The average molecular weight is 527 g/mol. The minimum atomic E-state index is -1.15. The molecule has 0 spiro atoms. The molecule has 1 fully saturated rings. The van der Waals surface area contributed by atoms with E-state index in [1.807, 2.05) is 6.07 Å². The molecule has 3 aromatic rings. The molecule has 0 saturated carbocycles. The molecule has 7 rings (SSSR count). The summed E-state index contributed by atoms with van der Waals surface area (Å²) in [6, 6.07) is 6.17. The molecule has 2 aromatic heterocycles. The van der Waals surface area contributed by atoms with E-state index in [2.05, 4.69) is 47.0 Å². The zero-order chi connectivity index (χ0) is 26.7. The molecule has 0 N–H and O–H groups in total. The Bertz CT molecular complexity index is 1560. The summed E-state index contributed by atoms with van der Waals surface area (Å²) in [6.45, 7) is 8.02. The normalized spacial score (nSPS) is 20.3. The van der Waals surface area contributed by atoms with E-state index in [1.165, 1.54) is 22.9 Å². The van der Waals surface area contributed by atoms with Crippen molar-refractivity contribution in [2.24, 2.45) is 10.4 Å². The minimum absolute atomic E-state index is 0.0324. The van der Waals surface area contributed by atoms with Crippen molar-refractivity contribution in [1.82, 2.24) is 19.7 Å². The molecule has 1 unspecified atom stereocenters. The molecule has 5 heterocycles. The van der Waals surface area contributed by atoms with Gasteiger partial charge in [0.2, 0.25) is 6.79 Å². The molecular weight excluding hydrogens is 495 g/mol. The van der Waals surface area contributed by atoms with E-state index in [0.29, 0.717) is 6.42 Å². The lowest BCUT2D eigenvalue weighted by atomic mass is 9.74. The molecule has 4 aliphatic rings. The molecule has 1 atom stereocenters. The van der Waals surface area contributed by atoms with Gasteiger partial charge >= 0.3 is 0 Å². The highest BCUT2D eigenvalue weighted by atomic mass is 19.1. The van der Waals surface area contributed by atoms with Crippen LogP contribution in [0.5, 0.6) is 11.5 Å². The second-order valence-electron chi connectivity index (χ2n) is 11.1. The van der Waals surface area contributed by atoms with Gasteiger partial charge in [0, 0.05) is 60.1 Å². The summed E-state index contributed by atoms with van der Waals surface area (Å²) in [4.78, 5) is 16.7. The van der Waals surface area contributed by atoms with Crippen LogP contribution >= 0.6 is 0 Å². The fourth-order valence-corrected chi connectivity index (χ4v) is 6.10. The van der Waals surface area contributed by atoms with Gasteiger partial charge in [0.25, 0.3) is 0 Å². The Morgan fingerprint density at radius 2 is 1.87 bits per heavy atom. The van der Waals surface area contributed by atoms with E-state index in [9.17, 15) is 4.39 Å². The summed E-state index contributed by atoms with van der Waals surface area (Å²) < 4.78 is 26.1. The standard InChI is InChI=1S/C30H31FN6O2/c1-18-23(20-4-5-26-27(12-20)39-17-38-26)13-28(35-18)30(3)6-8-36(9-7-30)29-24-10-21(11-25(24)32-16-33-29)22-14-34-37(15-22)19(2)31/h4-5,10,12,14-16,19H,6-9,11,13,17H2,1-3H3. The lowest BCUT2D eigenvalue weighted by molar-refractivity contribution is 0.174. The van der Waals surface area contributed by atoms with Crippen molar-refractivity contribution >= 4 is 28.8 Å². The van der Waals surface area contributed by atoms with E-state index in [-0.39, 0.29) is 12.2 Å². The van der Waals surface area contributed by atoms with Gasteiger partial charge < -0.3 is 14.4 Å². The Hall–Kier alpha value is -4.01. The van der Waals surface area contributed by atoms with Gasteiger partial charge in [-0.3, -0.25) is 4.99 Å². The summed E-state index contributed by atoms with van der Waals surface area (Å²) >= 11 is 0. The molecule has 0 radical (unpaired) electrons. The monoisotopic (exact) mass is 526 g/mol. The third-order valence-corrected chi connectivity index (χ3v) is 8.63. The number of fused-ring (bicyclic) bond motifs is 2. The number of benzene rings is 1. The third kappa shape index (κ3) is 4.11. The number of piperidine rings is 1. The molecule has 9 heteroatoms. The number of allylic oxidation sites excluding steroid dienone is 3. The Morgan fingerprint density at radius 1 is 1.05 bits per heavy atom. The highest BCUT2D eigenvalue weighted by Crippen LogP contribution is 2.44. The maximum Gasteiger partial charge on any atom is 0.231 e. The van der Waals surface area contributed by atoms with Crippen LogP contribution in [-0.2, 0) is 6.42 Å².